The summed E-state index contributed by atoms with van der Waals surface area (Å²) in [7, 11) is 0. The Hall–Kier alpha value is -4.53. The van der Waals surface area contributed by atoms with Crippen molar-refractivity contribution in [2.45, 2.75) is 13.1 Å². The van der Waals surface area contributed by atoms with Crippen molar-refractivity contribution < 1.29 is 4.79 Å². The number of anilines is 1. The molecular weight excluding hydrogens is 428 g/mol. The van der Waals surface area contributed by atoms with Crippen LogP contribution in [0.15, 0.2) is 73.6 Å². The summed E-state index contributed by atoms with van der Waals surface area (Å²) in [5.74, 6) is 0.121. The number of imidazole rings is 2. The molecule has 168 valence electrons. The molecule has 1 aliphatic heterocycles. The second-order valence-corrected chi connectivity index (χ2v) is 8.28. The molecule has 5 aromatic rings. The molecular formula is C25H22N8O. The molecule has 0 bridgehead atoms. The molecule has 0 radical (unpaired) electrons. The molecule has 2 aromatic carbocycles. The standard InChI is InChI=1S/C25H22N8O/c34-25(24-30-21-12-27-16-29-23(21)31-24)33-9-8-32(14-20-11-26-15-28-20)22-7-6-18(10-19(22)13-33)17-4-2-1-3-5-17/h1-7,10-12,15-16H,8-9,13-14H2,(H,26,28)(H,27,29,30,31). The highest BCUT2D eigenvalue weighted by atomic mass is 16.2. The normalized spacial score (nSPS) is 13.6. The number of aromatic amines is 2. The minimum Gasteiger partial charge on any atom is -0.364 e. The quantitative estimate of drug-likeness (QED) is 0.435. The van der Waals surface area contributed by atoms with Crippen molar-refractivity contribution in [2.75, 3.05) is 18.0 Å². The first-order valence-electron chi connectivity index (χ1n) is 11.1. The first-order valence-corrected chi connectivity index (χ1v) is 11.1. The molecule has 0 saturated carbocycles. The number of benzene rings is 2. The van der Waals surface area contributed by atoms with Gasteiger partial charge in [-0.2, -0.15) is 0 Å². The van der Waals surface area contributed by atoms with Gasteiger partial charge in [-0.15, -0.1) is 0 Å². The van der Waals surface area contributed by atoms with Crippen molar-refractivity contribution >= 4 is 22.8 Å². The van der Waals surface area contributed by atoms with Crippen LogP contribution < -0.4 is 4.90 Å². The highest BCUT2D eigenvalue weighted by Gasteiger charge is 2.26. The van der Waals surface area contributed by atoms with Gasteiger partial charge in [0.1, 0.15) is 11.8 Å². The van der Waals surface area contributed by atoms with Gasteiger partial charge in [-0.1, -0.05) is 36.4 Å². The third-order valence-electron chi connectivity index (χ3n) is 6.10. The first-order chi connectivity index (χ1) is 16.7. The summed E-state index contributed by atoms with van der Waals surface area (Å²) in [5, 5.41) is 0. The third-order valence-corrected chi connectivity index (χ3v) is 6.10. The van der Waals surface area contributed by atoms with E-state index < -0.39 is 0 Å². The van der Waals surface area contributed by atoms with Gasteiger partial charge < -0.3 is 19.8 Å². The Bertz CT molecular complexity index is 1410. The van der Waals surface area contributed by atoms with Gasteiger partial charge in [-0.3, -0.25) is 4.79 Å². The maximum absolute atomic E-state index is 13.5. The SMILES string of the molecule is O=C(c1nc2ncncc2[nH]1)N1CCN(Cc2cnc[nH]2)c2ccc(-c3ccccc3)cc2C1. The lowest BCUT2D eigenvalue weighted by Crippen LogP contribution is -2.35. The number of amides is 1. The number of aromatic nitrogens is 6. The van der Waals surface area contributed by atoms with Crippen LogP contribution in [0.1, 0.15) is 21.9 Å². The number of carbonyl (C=O) groups is 1. The van der Waals surface area contributed by atoms with Gasteiger partial charge >= 0.3 is 0 Å². The van der Waals surface area contributed by atoms with Gasteiger partial charge in [-0.25, -0.2) is 19.9 Å². The van der Waals surface area contributed by atoms with E-state index in [-0.39, 0.29) is 11.7 Å². The second kappa shape index (κ2) is 8.43. The number of hydrogen-bond acceptors (Lipinski definition) is 6. The van der Waals surface area contributed by atoms with E-state index in [1.54, 1.807) is 12.5 Å². The Morgan fingerprint density at radius 3 is 2.74 bits per heavy atom. The van der Waals surface area contributed by atoms with E-state index in [2.05, 4.69) is 65.1 Å². The lowest BCUT2D eigenvalue weighted by atomic mass is 10.0. The number of carbonyl (C=O) groups excluding carboxylic acids is 1. The van der Waals surface area contributed by atoms with E-state index in [1.165, 1.54) is 6.33 Å². The van der Waals surface area contributed by atoms with E-state index in [1.807, 2.05) is 29.3 Å². The van der Waals surface area contributed by atoms with Crippen LogP contribution in [-0.4, -0.2) is 53.8 Å². The minimum atomic E-state index is -0.155. The highest BCUT2D eigenvalue weighted by molar-refractivity contribution is 5.93. The van der Waals surface area contributed by atoms with Gasteiger partial charge in [0.15, 0.2) is 11.5 Å². The maximum atomic E-state index is 13.5. The molecule has 9 nitrogen and oxygen atoms in total. The van der Waals surface area contributed by atoms with Gasteiger partial charge in [0, 0.05) is 31.5 Å². The molecule has 9 heteroatoms. The number of fused-ring (bicyclic) bond motifs is 2. The van der Waals surface area contributed by atoms with Crippen LogP contribution in [0.3, 0.4) is 0 Å². The number of H-pyrrole nitrogens is 2. The molecule has 1 aliphatic rings. The van der Waals surface area contributed by atoms with Gasteiger partial charge in [0.25, 0.3) is 5.91 Å². The molecule has 0 atom stereocenters. The van der Waals surface area contributed by atoms with Crippen LogP contribution in [0.2, 0.25) is 0 Å². The molecule has 0 unspecified atom stereocenters. The van der Waals surface area contributed by atoms with Crippen molar-refractivity contribution in [3.8, 4) is 11.1 Å². The predicted octanol–water partition coefficient (Wildman–Crippen LogP) is 3.41. The van der Waals surface area contributed by atoms with E-state index in [4.69, 9.17) is 0 Å². The van der Waals surface area contributed by atoms with Gasteiger partial charge in [0.05, 0.1) is 24.8 Å². The van der Waals surface area contributed by atoms with E-state index in [0.717, 1.165) is 28.1 Å². The molecule has 0 aliphatic carbocycles. The monoisotopic (exact) mass is 450 g/mol. The topological polar surface area (TPSA) is 107 Å². The molecule has 34 heavy (non-hydrogen) atoms. The van der Waals surface area contributed by atoms with Crippen LogP contribution in [-0.2, 0) is 13.1 Å². The van der Waals surface area contributed by atoms with Crippen molar-refractivity contribution in [3.63, 3.8) is 0 Å². The van der Waals surface area contributed by atoms with Crippen LogP contribution in [0.5, 0.6) is 0 Å². The van der Waals surface area contributed by atoms with Crippen LogP contribution >= 0.6 is 0 Å². The average molecular weight is 451 g/mol. The fraction of sp³-hybridized carbons (Fsp3) is 0.160. The molecule has 2 N–H and O–H groups in total. The zero-order valence-corrected chi connectivity index (χ0v) is 18.3. The molecule has 0 spiro atoms. The fourth-order valence-corrected chi connectivity index (χ4v) is 4.40. The van der Waals surface area contributed by atoms with Crippen molar-refractivity contribution in [3.05, 3.63) is 90.7 Å². The maximum Gasteiger partial charge on any atom is 0.290 e. The number of rotatable bonds is 4. The molecule has 4 heterocycles. The van der Waals surface area contributed by atoms with E-state index in [9.17, 15) is 4.79 Å². The molecule has 1 amide bonds. The highest BCUT2D eigenvalue weighted by Crippen LogP contribution is 2.31. The summed E-state index contributed by atoms with van der Waals surface area (Å²) >= 11 is 0. The summed E-state index contributed by atoms with van der Waals surface area (Å²) in [5.41, 5.74) is 6.61. The van der Waals surface area contributed by atoms with E-state index >= 15 is 0 Å². The van der Waals surface area contributed by atoms with Crippen molar-refractivity contribution in [1.29, 1.82) is 0 Å². The zero-order valence-electron chi connectivity index (χ0n) is 18.3. The first kappa shape index (κ1) is 20.1. The molecule has 3 aromatic heterocycles. The largest absolute Gasteiger partial charge is 0.364 e. The smallest absolute Gasteiger partial charge is 0.290 e. The molecule has 0 fully saturated rings. The molecule has 0 saturated heterocycles. The summed E-state index contributed by atoms with van der Waals surface area (Å²) in [4.78, 5) is 40.5. The Balaban J connectivity index is 1.36. The zero-order chi connectivity index (χ0) is 22.9. The summed E-state index contributed by atoms with van der Waals surface area (Å²) < 4.78 is 0. The van der Waals surface area contributed by atoms with Gasteiger partial charge in [-0.05, 0) is 28.8 Å². The summed E-state index contributed by atoms with van der Waals surface area (Å²) in [6.07, 6.45) is 6.58. The van der Waals surface area contributed by atoms with Crippen LogP contribution in [0.4, 0.5) is 5.69 Å². The number of nitrogens with one attached hydrogen (secondary N) is 2. The third kappa shape index (κ3) is 3.77. The van der Waals surface area contributed by atoms with Crippen molar-refractivity contribution in [1.82, 2.24) is 34.8 Å². The summed E-state index contributed by atoms with van der Waals surface area (Å²) in [6, 6.07) is 16.7. The minimum absolute atomic E-state index is 0.155. The lowest BCUT2D eigenvalue weighted by molar-refractivity contribution is 0.0740. The molecule has 6 rings (SSSR count). The van der Waals surface area contributed by atoms with Crippen molar-refractivity contribution in [2.24, 2.45) is 0 Å². The Labute approximate surface area is 195 Å². The second-order valence-electron chi connectivity index (χ2n) is 8.28. The Morgan fingerprint density at radius 1 is 1.00 bits per heavy atom. The number of nitrogens with zero attached hydrogens (tertiary/aromatic N) is 6. The Kier molecular flexibility index (Phi) is 4.99. The summed E-state index contributed by atoms with van der Waals surface area (Å²) in [6.45, 7) is 2.41. The van der Waals surface area contributed by atoms with E-state index in [0.29, 0.717) is 37.3 Å². The predicted molar refractivity (Wildman–Crippen MR) is 128 cm³/mol. The van der Waals surface area contributed by atoms with Crippen LogP contribution in [0, 0.1) is 0 Å². The lowest BCUT2D eigenvalue weighted by Gasteiger charge is -2.24. The number of hydrogen-bond donors (Lipinski definition) is 2. The average Bonchev–Trinajstić information content (AvgIpc) is 3.52. The Morgan fingerprint density at radius 2 is 1.91 bits per heavy atom. The van der Waals surface area contributed by atoms with Crippen LogP contribution in [0.25, 0.3) is 22.3 Å². The van der Waals surface area contributed by atoms with Gasteiger partial charge in [0.2, 0.25) is 0 Å². The fourth-order valence-electron chi connectivity index (χ4n) is 4.40.